The molecule has 1 heterocycles. The average molecular weight is 190 g/mol. The number of hydrogen-bond donors (Lipinski definition) is 1. The SMILES string of the molecule is CN1CCCCC1c1ccccc1N. The Hall–Kier alpha value is -1.02. The van der Waals surface area contributed by atoms with Crippen LogP contribution in [0.2, 0.25) is 0 Å². The molecule has 2 heteroatoms. The van der Waals surface area contributed by atoms with Crippen LogP contribution in [-0.4, -0.2) is 18.5 Å². The number of nitrogen functional groups attached to an aromatic ring is 1. The predicted molar refractivity (Wildman–Crippen MR) is 60.1 cm³/mol. The van der Waals surface area contributed by atoms with E-state index in [2.05, 4.69) is 24.1 Å². The van der Waals surface area contributed by atoms with Gasteiger partial charge in [0.2, 0.25) is 0 Å². The van der Waals surface area contributed by atoms with Crippen molar-refractivity contribution in [3.05, 3.63) is 29.8 Å². The molecule has 2 nitrogen and oxygen atoms in total. The van der Waals surface area contributed by atoms with E-state index in [1.807, 2.05) is 12.1 Å². The lowest BCUT2D eigenvalue weighted by atomic mass is 9.95. The van der Waals surface area contributed by atoms with Crippen molar-refractivity contribution in [3.63, 3.8) is 0 Å². The second-order valence-corrected chi connectivity index (χ2v) is 4.12. The Labute approximate surface area is 85.7 Å². The highest BCUT2D eigenvalue weighted by atomic mass is 15.1. The Bertz CT molecular complexity index is 309. The third-order valence-electron chi connectivity index (χ3n) is 3.13. The third-order valence-corrected chi connectivity index (χ3v) is 3.13. The van der Waals surface area contributed by atoms with Gasteiger partial charge in [0, 0.05) is 11.7 Å². The fourth-order valence-electron chi connectivity index (χ4n) is 2.28. The van der Waals surface area contributed by atoms with Crippen LogP contribution in [0.4, 0.5) is 5.69 Å². The highest BCUT2D eigenvalue weighted by Crippen LogP contribution is 2.32. The van der Waals surface area contributed by atoms with Gasteiger partial charge in [0.05, 0.1) is 0 Å². The topological polar surface area (TPSA) is 29.3 Å². The van der Waals surface area contributed by atoms with E-state index >= 15 is 0 Å². The number of benzene rings is 1. The van der Waals surface area contributed by atoms with Crippen LogP contribution < -0.4 is 5.73 Å². The molecule has 0 saturated carbocycles. The molecule has 0 bridgehead atoms. The summed E-state index contributed by atoms with van der Waals surface area (Å²) in [7, 11) is 2.19. The maximum Gasteiger partial charge on any atom is 0.0365 e. The van der Waals surface area contributed by atoms with Crippen molar-refractivity contribution in [2.75, 3.05) is 19.3 Å². The van der Waals surface area contributed by atoms with Crippen LogP contribution >= 0.6 is 0 Å². The number of anilines is 1. The Morgan fingerprint density at radius 1 is 1.29 bits per heavy atom. The van der Waals surface area contributed by atoms with Crippen molar-refractivity contribution in [3.8, 4) is 0 Å². The average Bonchev–Trinajstić information content (AvgIpc) is 2.20. The number of nitrogens with zero attached hydrogens (tertiary/aromatic N) is 1. The van der Waals surface area contributed by atoms with E-state index < -0.39 is 0 Å². The highest BCUT2D eigenvalue weighted by molar-refractivity contribution is 5.48. The first-order chi connectivity index (χ1) is 6.79. The summed E-state index contributed by atoms with van der Waals surface area (Å²) in [4.78, 5) is 2.41. The number of rotatable bonds is 1. The highest BCUT2D eigenvalue weighted by Gasteiger charge is 2.21. The van der Waals surface area contributed by atoms with Gasteiger partial charge in [-0.15, -0.1) is 0 Å². The minimum absolute atomic E-state index is 0.532. The molecule has 1 atom stereocenters. The smallest absolute Gasteiger partial charge is 0.0365 e. The van der Waals surface area contributed by atoms with E-state index in [1.165, 1.54) is 31.4 Å². The van der Waals surface area contributed by atoms with Gasteiger partial charge >= 0.3 is 0 Å². The summed E-state index contributed by atoms with van der Waals surface area (Å²) in [5.74, 6) is 0. The first-order valence-corrected chi connectivity index (χ1v) is 5.33. The van der Waals surface area contributed by atoms with Crippen LogP contribution in [0.5, 0.6) is 0 Å². The van der Waals surface area contributed by atoms with Crippen molar-refractivity contribution in [1.82, 2.24) is 4.90 Å². The summed E-state index contributed by atoms with van der Waals surface area (Å²) < 4.78 is 0. The Morgan fingerprint density at radius 2 is 2.07 bits per heavy atom. The van der Waals surface area contributed by atoms with Crippen LogP contribution in [0.3, 0.4) is 0 Å². The largest absolute Gasteiger partial charge is 0.398 e. The van der Waals surface area contributed by atoms with Crippen molar-refractivity contribution in [2.45, 2.75) is 25.3 Å². The summed E-state index contributed by atoms with van der Waals surface area (Å²) in [6.07, 6.45) is 3.88. The van der Waals surface area contributed by atoms with Crippen molar-refractivity contribution >= 4 is 5.69 Å². The molecular formula is C12H18N2. The van der Waals surface area contributed by atoms with E-state index in [-0.39, 0.29) is 0 Å². The normalized spacial score (nSPS) is 23.6. The molecule has 14 heavy (non-hydrogen) atoms. The quantitative estimate of drug-likeness (QED) is 0.689. The molecule has 0 aromatic heterocycles. The third kappa shape index (κ3) is 1.75. The number of hydrogen-bond acceptors (Lipinski definition) is 2. The summed E-state index contributed by atoms with van der Waals surface area (Å²) >= 11 is 0. The molecule has 0 spiro atoms. The minimum Gasteiger partial charge on any atom is -0.398 e. The molecule has 76 valence electrons. The lowest BCUT2D eigenvalue weighted by Gasteiger charge is -2.33. The number of nitrogens with two attached hydrogens (primary N) is 1. The standard InChI is InChI=1S/C12H18N2/c1-14-9-5-4-8-12(14)10-6-2-3-7-11(10)13/h2-3,6-7,12H,4-5,8-9,13H2,1H3. The maximum absolute atomic E-state index is 5.99. The molecule has 0 radical (unpaired) electrons. The molecule has 1 fully saturated rings. The predicted octanol–water partition coefficient (Wildman–Crippen LogP) is 2.43. The molecule has 1 saturated heterocycles. The van der Waals surface area contributed by atoms with E-state index in [4.69, 9.17) is 5.73 Å². The fourth-order valence-corrected chi connectivity index (χ4v) is 2.28. The molecule has 1 aliphatic heterocycles. The zero-order valence-corrected chi connectivity index (χ0v) is 8.74. The van der Waals surface area contributed by atoms with Crippen molar-refractivity contribution < 1.29 is 0 Å². The monoisotopic (exact) mass is 190 g/mol. The van der Waals surface area contributed by atoms with Gasteiger partial charge in [0.25, 0.3) is 0 Å². The molecule has 1 aromatic rings. The van der Waals surface area contributed by atoms with Gasteiger partial charge in [0.15, 0.2) is 0 Å². The fraction of sp³-hybridized carbons (Fsp3) is 0.500. The molecule has 0 aliphatic carbocycles. The second kappa shape index (κ2) is 4.01. The van der Waals surface area contributed by atoms with Crippen LogP contribution in [-0.2, 0) is 0 Å². The Kier molecular flexibility index (Phi) is 2.73. The first-order valence-electron chi connectivity index (χ1n) is 5.33. The summed E-state index contributed by atoms with van der Waals surface area (Å²) in [6, 6.07) is 8.76. The molecule has 2 rings (SSSR count). The number of piperidine rings is 1. The molecule has 1 unspecified atom stereocenters. The van der Waals surface area contributed by atoms with Crippen molar-refractivity contribution in [1.29, 1.82) is 0 Å². The van der Waals surface area contributed by atoms with Gasteiger partial charge in [0.1, 0.15) is 0 Å². The molecular weight excluding hydrogens is 172 g/mol. The molecule has 1 aliphatic rings. The van der Waals surface area contributed by atoms with Crippen LogP contribution in [0.1, 0.15) is 30.9 Å². The lowest BCUT2D eigenvalue weighted by Crippen LogP contribution is -2.30. The molecule has 2 N–H and O–H groups in total. The van der Waals surface area contributed by atoms with E-state index in [0.717, 1.165) is 5.69 Å². The van der Waals surface area contributed by atoms with Gasteiger partial charge in [-0.2, -0.15) is 0 Å². The van der Waals surface area contributed by atoms with Crippen LogP contribution in [0.25, 0.3) is 0 Å². The molecule has 0 amide bonds. The van der Waals surface area contributed by atoms with Crippen LogP contribution in [0.15, 0.2) is 24.3 Å². The van der Waals surface area contributed by atoms with Gasteiger partial charge in [-0.3, -0.25) is 4.90 Å². The first kappa shape index (κ1) is 9.53. The van der Waals surface area contributed by atoms with E-state index in [0.29, 0.717) is 6.04 Å². The van der Waals surface area contributed by atoms with Gasteiger partial charge in [-0.1, -0.05) is 24.6 Å². The lowest BCUT2D eigenvalue weighted by molar-refractivity contribution is 0.188. The summed E-state index contributed by atoms with van der Waals surface area (Å²) in [6.45, 7) is 1.19. The van der Waals surface area contributed by atoms with E-state index in [9.17, 15) is 0 Å². The Balaban J connectivity index is 2.25. The van der Waals surface area contributed by atoms with Crippen molar-refractivity contribution in [2.24, 2.45) is 0 Å². The van der Waals surface area contributed by atoms with E-state index in [1.54, 1.807) is 0 Å². The number of likely N-dealkylation sites (tertiary alicyclic amines) is 1. The summed E-state index contributed by atoms with van der Waals surface area (Å²) in [5.41, 5.74) is 8.22. The van der Waals surface area contributed by atoms with Gasteiger partial charge in [-0.25, -0.2) is 0 Å². The van der Waals surface area contributed by atoms with Gasteiger partial charge in [-0.05, 0) is 38.1 Å². The van der Waals surface area contributed by atoms with Gasteiger partial charge < -0.3 is 5.73 Å². The Morgan fingerprint density at radius 3 is 2.79 bits per heavy atom. The summed E-state index contributed by atoms with van der Waals surface area (Å²) in [5, 5.41) is 0. The second-order valence-electron chi connectivity index (χ2n) is 4.12. The zero-order valence-electron chi connectivity index (χ0n) is 8.74. The number of para-hydroxylation sites is 1. The maximum atomic E-state index is 5.99. The zero-order chi connectivity index (χ0) is 9.97. The molecule has 1 aromatic carbocycles. The van der Waals surface area contributed by atoms with Crippen LogP contribution in [0, 0.1) is 0 Å². The minimum atomic E-state index is 0.532.